The molecule has 1 aliphatic carbocycles. The van der Waals surface area contributed by atoms with Crippen LogP contribution in [0.5, 0.6) is 0 Å². The maximum atomic E-state index is 6.16. The van der Waals surface area contributed by atoms with Gasteiger partial charge in [0.15, 0.2) is 0 Å². The maximum Gasteiger partial charge on any atom is 0.134 e. The quantitative estimate of drug-likeness (QED) is 0.848. The standard InChI is InChI=1S/C19H27NO/c1-7-20-16(17-18(3,4)19(17,5)6)15-11-13-10-12(2)8-9-14(13)21-15/h8-11,16-17,20H,7H2,1-6H3. The van der Waals surface area contributed by atoms with E-state index in [2.05, 4.69) is 71.1 Å². The van der Waals surface area contributed by atoms with Crippen molar-refractivity contribution in [2.24, 2.45) is 16.7 Å². The third kappa shape index (κ3) is 2.12. The van der Waals surface area contributed by atoms with Crippen molar-refractivity contribution >= 4 is 11.0 Å². The number of benzene rings is 1. The largest absolute Gasteiger partial charge is 0.459 e. The van der Waals surface area contributed by atoms with Crippen molar-refractivity contribution in [3.8, 4) is 0 Å². The topological polar surface area (TPSA) is 25.2 Å². The average Bonchev–Trinajstić information content (AvgIpc) is 2.74. The summed E-state index contributed by atoms with van der Waals surface area (Å²) in [5, 5.41) is 4.87. The van der Waals surface area contributed by atoms with Gasteiger partial charge in [-0.1, -0.05) is 46.2 Å². The zero-order chi connectivity index (χ0) is 15.4. The molecule has 0 radical (unpaired) electrons. The average molecular weight is 285 g/mol. The second-order valence-electron chi connectivity index (χ2n) is 7.65. The summed E-state index contributed by atoms with van der Waals surface area (Å²) in [6.45, 7) is 14.7. The molecule has 0 saturated heterocycles. The van der Waals surface area contributed by atoms with E-state index < -0.39 is 0 Å². The van der Waals surface area contributed by atoms with Crippen LogP contribution in [-0.4, -0.2) is 6.54 Å². The first-order chi connectivity index (χ1) is 9.79. The van der Waals surface area contributed by atoms with E-state index in [1.54, 1.807) is 0 Å². The molecule has 21 heavy (non-hydrogen) atoms. The molecule has 2 heteroatoms. The highest BCUT2D eigenvalue weighted by atomic mass is 16.3. The van der Waals surface area contributed by atoms with Gasteiger partial charge in [0.1, 0.15) is 11.3 Å². The van der Waals surface area contributed by atoms with Crippen LogP contribution in [-0.2, 0) is 0 Å². The summed E-state index contributed by atoms with van der Waals surface area (Å²) in [7, 11) is 0. The lowest BCUT2D eigenvalue weighted by Gasteiger charge is -2.17. The van der Waals surface area contributed by atoms with Crippen LogP contribution in [0.25, 0.3) is 11.0 Å². The highest BCUT2D eigenvalue weighted by molar-refractivity contribution is 5.78. The Morgan fingerprint density at radius 2 is 1.81 bits per heavy atom. The van der Waals surface area contributed by atoms with Crippen molar-refractivity contribution in [1.29, 1.82) is 0 Å². The third-order valence-electron chi connectivity index (χ3n) is 5.89. The minimum absolute atomic E-state index is 0.299. The minimum Gasteiger partial charge on any atom is -0.459 e. The van der Waals surface area contributed by atoms with Crippen LogP contribution in [0, 0.1) is 23.7 Å². The molecule has 1 fully saturated rings. The van der Waals surface area contributed by atoms with Crippen molar-refractivity contribution in [3.63, 3.8) is 0 Å². The van der Waals surface area contributed by atoms with Gasteiger partial charge >= 0.3 is 0 Å². The predicted molar refractivity (Wildman–Crippen MR) is 88.4 cm³/mol. The number of aryl methyl sites for hydroxylation is 1. The Hall–Kier alpha value is -1.28. The molecule has 1 aromatic heterocycles. The van der Waals surface area contributed by atoms with Gasteiger partial charge in [0, 0.05) is 5.39 Å². The maximum absolute atomic E-state index is 6.16. The third-order valence-corrected chi connectivity index (χ3v) is 5.89. The Labute approximate surface area is 127 Å². The lowest BCUT2D eigenvalue weighted by Crippen LogP contribution is -2.24. The molecule has 0 bridgehead atoms. The van der Waals surface area contributed by atoms with Gasteiger partial charge < -0.3 is 9.73 Å². The zero-order valence-electron chi connectivity index (χ0n) is 14.1. The summed E-state index contributed by atoms with van der Waals surface area (Å²) < 4.78 is 6.16. The van der Waals surface area contributed by atoms with E-state index in [-0.39, 0.29) is 0 Å². The summed E-state index contributed by atoms with van der Waals surface area (Å²) in [6.07, 6.45) is 0. The highest BCUT2D eigenvalue weighted by Crippen LogP contribution is 2.72. The molecule has 1 heterocycles. The molecule has 1 aromatic carbocycles. The molecule has 0 aliphatic heterocycles. The number of nitrogens with one attached hydrogen (secondary N) is 1. The lowest BCUT2D eigenvalue weighted by molar-refractivity contribution is 0.356. The first-order valence-electron chi connectivity index (χ1n) is 8.02. The predicted octanol–water partition coefficient (Wildman–Crippen LogP) is 5.07. The van der Waals surface area contributed by atoms with Gasteiger partial charge in [-0.2, -0.15) is 0 Å². The molecular weight excluding hydrogens is 258 g/mol. The van der Waals surface area contributed by atoms with Crippen molar-refractivity contribution in [2.45, 2.75) is 47.6 Å². The van der Waals surface area contributed by atoms with E-state index in [0.29, 0.717) is 22.8 Å². The molecule has 1 saturated carbocycles. The van der Waals surface area contributed by atoms with Crippen molar-refractivity contribution < 1.29 is 4.42 Å². The van der Waals surface area contributed by atoms with Crippen LogP contribution in [0.2, 0.25) is 0 Å². The molecule has 1 atom stereocenters. The van der Waals surface area contributed by atoms with Gasteiger partial charge in [-0.05, 0) is 48.4 Å². The monoisotopic (exact) mass is 285 g/mol. The molecule has 3 rings (SSSR count). The van der Waals surface area contributed by atoms with Crippen LogP contribution in [0.4, 0.5) is 0 Å². The van der Waals surface area contributed by atoms with E-state index in [9.17, 15) is 0 Å². The summed E-state index contributed by atoms with van der Waals surface area (Å²) >= 11 is 0. The molecular formula is C19H27NO. The van der Waals surface area contributed by atoms with E-state index in [1.165, 1.54) is 10.9 Å². The Kier molecular flexibility index (Phi) is 3.21. The second-order valence-corrected chi connectivity index (χ2v) is 7.65. The Bertz CT molecular complexity index is 651. The van der Waals surface area contributed by atoms with Crippen LogP contribution in [0.15, 0.2) is 28.7 Å². The summed E-state index contributed by atoms with van der Waals surface area (Å²) in [6, 6.07) is 8.92. The van der Waals surface area contributed by atoms with Crippen molar-refractivity contribution in [2.75, 3.05) is 6.54 Å². The van der Waals surface area contributed by atoms with Crippen LogP contribution in [0.3, 0.4) is 0 Å². The van der Waals surface area contributed by atoms with Gasteiger partial charge in [-0.3, -0.25) is 0 Å². The van der Waals surface area contributed by atoms with Crippen molar-refractivity contribution in [3.05, 3.63) is 35.6 Å². The van der Waals surface area contributed by atoms with Gasteiger partial charge in [-0.15, -0.1) is 0 Å². The molecule has 2 aromatic rings. The Morgan fingerprint density at radius 3 is 2.38 bits per heavy atom. The van der Waals surface area contributed by atoms with Crippen LogP contribution in [0.1, 0.15) is 52.0 Å². The first kappa shape index (κ1) is 14.6. The summed E-state index contributed by atoms with van der Waals surface area (Å²) in [5.74, 6) is 1.69. The molecule has 1 unspecified atom stereocenters. The SMILES string of the molecule is CCNC(c1cc2cc(C)ccc2o1)C1C(C)(C)C1(C)C. The van der Waals surface area contributed by atoms with Gasteiger partial charge in [0.25, 0.3) is 0 Å². The Balaban J connectivity index is 2.00. The summed E-state index contributed by atoms with van der Waals surface area (Å²) in [5.41, 5.74) is 2.96. The van der Waals surface area contributed by atoms with Crippen LogP contribution < -0.4 is 5.32 Å². The van der Waals surface area contributed by atoms with Gasteiger partial charge in [0.05, 0.1) is 6.04 Å². The van der Waals surface area contributed by atoms with Crippen molar-refractivity contribution in [1.82, 2.24) is 5.32 Å². The fourth-order valence-electron chi connectivity index (χ4n) is 4.02. The number of hydrogen-bond acceptors (Lipinski definition) is 2. The molecule has 0 amide bonds. The normalized spacial score (nSPS) is 21.6. The number of hydrogen-bond donors (Lipinski definition) is 1. The number of furan rings is 1. The Morgan fingerprint density at radius 1 is 1.14 bits per heavy atom. The smallest absolute Gasteiger partial charge is 0.134 e. The number of fused-ring (bicyclic) bond motifs is 1. The fourth-order valence-corrected chi connectivity index (χ4v) is 4.02. The zero-order valence-corrected chi connectivity index (χ0v) is 14.1. The van der Waals surface area contributed by atoms with Gasteiger partial charge in [0.2, 0.25) is 0 Å². The van der Waals surface area contributed by atoms with E-state index in [0.717, 1.165) is 17.9 Å². The van der Waals surface area contributed by atoms with E-state index >= 15 is 0 Å². The number of rotatable bonds is 4. The van der Waals surface area contributed by atoms with Crippen LogP contribution >= 0.6 is 0 Å². The fraction of sp³-hybridized carbons (Fsp3) is 0.579. The molecule has 114 valence electrons. The van der Waals surface area contributed by atoms with E-state index in [1.807, 2.05) is 0 Å². The highest BCUT2D eigenvalue weighted by Gasteiger charge is 2.67. The minimum atomic E-state index is 0.299. The second kappa shape index (κ2) is 4.61. The summed E-state index contributed by atoms with van der Waals surface area (Å²) in [4.78, 5) is 0. The lowest BCUT2D eigenvalue weighted by atomic mass is 10.0. The van der Waals surface area contributed by atoms with E-state index in [4.69, 9.17) is 4.42 Å². The molecule has 1 N–H and O–H groups in total. The molecule has 0 spiro atoms. The van der Waals surface area contributed by atoms with Gasteiger partial charge in [-0.25, -0.2) is 0 Å². The first-order valence-corrected chi connectivity index (χ1v) is 8.02. The molecule has 2 nitrogen and oxygen atoms in total. The molecule has 1 aliphatic rings.